The SMILES string of the molecule is CCCCOc1nc(N)c2[nH]c(=O)n(CCCN(Cc3ccc(OC(=O)CC)cc3)C(=O)CCCN(C)C)c2n1. The number of esters is 1. The number of aryl methyl sites for hydroxylation is 1. The van der Waals surface area contributed by atoms with Gasteiger partial charge in [0.25, 0.3) is 0 Å². The zero-order valence-corrected chi connectivity index (χ0v) is 23.9. The second-order valence-electron chi connectivity index (χ2n) is 9.92. The third-order valence-corrected chi connectivity index (χ3v) is 6.33. The van der Waals surface area contributed by atoms with Gasteiger partial charge in [-0.2, -0.15) is 9.97 Å². The molecular formula is C28H41N7O5. The molecule has 12 nitrogen and oxygen atoms in total. The Morgan fingerprint density at radius 2 is 1.80 bits per heavy atom. The number of nitrogen functional groups attached to an aromatic ring is 1. The van der Waals surface area contributed by atoms with Gasteiger partial charge in [-0.25, -0.2) is 4.79 Å². The molecule has 3 aromatic rings. The first kappa shape index (κ1) is 30.6. The van der Waals surface area contributed by atoms with E-state index in [1.165, 1.54) is 4.57 Å². The molecule has 1 aromatic carbocycles. The number of benzene rings is 1. The van der Waals surface area contributed by atoms with Crippen LogP contribution in [0.25, 0.3) is 11.2 Å². The minimum Gasteiger partial charge on any atom is -0.463 e. The molecule has 0 saturated carbocycles. The quantitative estimate of drug-likeness (QED) is 0.155. The second kappa shape index (κ2) is 15.0. The number of hydrogen-bond donors (Lipinski definition) is 2. The van der Waals surface area contributed by atoms with Crippen molar-refractivity contribution in [3.8, 4) is 11.8 Å². The monoisotopic (exact) mass is 555 g/mol. The van der Waals surface area contributed by atoms with E-state index in [2.05, 4.69) is 21.9 Å². The highest BCUT2D eigenvalue weighted by Crippen LogP contribution is 2.19. The molecule has 218 valence electrons. The van der Waals surface area contributed by atoms with Crippen molar-refractivity contribution in [3.63, 3.8) is 0 Å². The number of carbonyl (C=O) groups excluding carboxylic acids is 2. The van der Waals surface area contributed by atoms with Gasteiger partial charge in [-0.05, 0) is 57.6 Å². The molecule has 0 fully saturated rings. The fourth-order valence-corrected chi connectivity index (χ4v) is 4.11. The van der Waals surface area contributed by atoms with Crippen molar-refractivity contribution in [1.82, 2.24) is 29.3 Å². The third kappa shape index (κ3) is 8.80. The van der Waals surface area contributed by atoms with Crippen LogP contribution in [0.3, 0.4) is 0 Å². The minimum absolute atomic E-state index is 0.0350. The molecule has 3 N–H and O–H groups in total. The smallest absolute Gasteiger partial charge is 0.327 e. The lowest BCUT2D eigenvalue weighted by molar-refractivity contribution is -0.134. The van der Waals surface area contributed by atoms with Crippen molar-refractivity contribution in [1.29, 1.82) is 0 Å². The van der Waals surface area contributed by atoms with Crippen LogP contribution in [0.4, 0.5) is 5.82 Å². The number of aromatic nitrogens is 4. The third-order valence-electron chi connectivity index (χ3n) is 6.33. The van der Waals surface area contributed by atoms with Crippen LogP contribution < -0.4 is 20.9 Å². The summed E-state index contributed by atoms with van der Waals surface area (Å²) in [5.74, 6) is 0.355. The van der Waals surface area contributed by atoms with E-state index in [4.69, 9.17) is 15.2 Å². The molecule has 0 spiro atoms. The Morgan fingerprint density at radius 1 is 1.05 bits per heavy atom. The molecule has 1 amide bonds. The van der Waals surface area contributed by atoms with Gasteiger partial charge in [-0.15, -0.1) is 0 Å². The van der Waals surface area contributed by atoms with E-state index in [1.54, 1.807) is 24.0 Å². The molecule has 2 aromatic heterocycles. The van der Waals surface area contributed by atoms with Crippen LogP contribution in [-0.4, -0.2) is 75.0 Å². The molecule has 12 heteroatoms. The normalized spacial score (nSPS) is 11.2. The van der Waals surface area contributed by atoms with Crippen LogP contribution in [0.1, 0.15) is 57.9 Å². The summed E-state index contributed by atoms with van der Waals surface area (Å²) in [7, 11) is 3.95. The van der Waals surface area contributed by atoms with Crippen LogP contribution in [0.2, 0.25) is 0 Å². The minimum atomic E-state index is -0.345. The molecule has 0 aliphatic rings. The number of anilines is 1. The van der Waals surface area contributed by atoms with Gasteiger partial charge < -0.3 is 30.0 Å². The Balaban J connectivity index is 1.72. The Bertz CT molecular complexity index is 1320. The summed E-state index contributed by atoms with van der Waals surface area (Å²) in [5.41, 5.74) is 7.38. The average molecular weight is 556 g/mol. The summed E-state index contributed by atoms with van der Waals surface area (Å²) >= 11 is 0. The van der Waals surface area contributed by atoms with Crippen LogP contribution in [0, 0.1) is 0 Å². The summed E-state index contributed by atoms with van der Waals surface area (Å²) < 4.78 is 12.4. The van der Waals surface area contributed by atoms with E-state index < -0.39 is 0 Å². The Hall–Kier alpha value is -3.93. The van der Waals surface area contributed by atoms with Crippen molar-refractivity contribution in [3.05, 3.63) is 40.3 Å². The van der Waals surface area contributed by atoms with E-state index in [9.17, 15) is 14.4 Å². The number of amides is 1. The predicted octanol–water partition coefficient (Wildman–Crippen LogP) is 2.96. The maximum atomic E-state index is 13.2. The number of ether oxygens (including phenoxy) is 2. The Morgan fingerprint density at radius 3 is 2.48 bits per heavy atom. The summed E-state index contributed by atoms with van der Waals surface area (Å²) in [6.45, 7) is 6.23. The van der Waals surface area contributed by atoms with Crippen LogP contribution in [0.5, 0.6) is 11.8 Å². The number of carbonyl (C=O) groups is 2. The molecule has 0 aliphatic carbocycles. The Labute approximate surface area is 234 Å². The van der Waals surface area contributed by atoms with E-state index in [0.29, 0.717) is 62.4 Å². The fraction of sp³-hybridized carbons (Fsp3) is 0.536. The van der Waals surface area contributed by atoms with Crippen molar-refractivity contribution in [2.24, 2.45) is 0 Å². The van der Waals surface area contributed by atoms with Crippen LogP contribution in [0.15, 0.2) is 29.1 Å². The van der Waals surface area contributed by atoms with Crippen LogP contribution >= 0.6 is 0 Å². The Kier molecular flexibility index (Phi) is 11.5. The summed E-state index contributed by atoms with van der Waals surface area (Å²) in [5, 5.41) is 0. The fourth-order valence-electron chi connectivity index (χ4n) is 4.11. The topological polar surface area (TPSA) is 149 Å². The van der Waals surface area contributed by atoms with Gasteiger partial charge in [-0.3, -0.25) is 14.2 Å². The zero-order valence-electron chi connectivity index (χ0n) is 23.9. The van der Waals surface area contributed by atoms with Gasteiger partial charge in [0.05, 0.1) is 6.61 Å². The van der Waals surface area contributed by atoms with E-state index in [0.717, 1.165) is 31.4 Å². The summed E-state index contributed by atoms with van der Waals surface area (Å²) in [6, 6.07) is 7.29. The molecule has 0 unspecified atom stereocenters. The lowest BCUT2D eigenvalue weighted by atomic mass is 10.1. The molecule has 0 aliphatic heterocycles. The molecule has 0 atom stereocenters. The van der Waals surface area contributed by atoms with E-state index in [-0.39, 0.29) is 29.4 Å². The van der Waals surface area contributed by atoms with E-state index >= 15 is 0 Å². The number of aromatic amines is 1. The van der Waals surface area contributed by atoms with Gasteiger partial charge in [-0.1, -0.05) is 32.4 Å². The number of nitrogens with one attached hydrogen (secondary N) is 1. The number of fused-ring (bicyclic) bond motifs is 1. The predicted molar refractivity (Wildman–Crippen MR) is 153 cm³/mol. The van der Waals surface area contributed by atoms with Crippen LogP contribution in [-0.2, 0) is 22.7 Å². The van der Waals surface area contributed by atoms with E-state index in [1.807, 2.05) is 31.1 Å². The highest BCUT2D eigenvalue weighted by molar-refractivity contribution is 5.81. The summed E-state index contributed by atoms with van der Waals surface area (Å²) in [4.78, 5) is 52.6. The first-order valence-corrected chi connectivity index (χ1v) is 13.8. The second-order valence-corrected chi connectivity index (χ2v) is 9.92. The van der Waals surface area contributed by atoms with Gasteiger partial charge in [0, 0.05) is 32.5 Å². The largest absolute Gasteiger partial charge is 0.463 e. The molecule has 3 rings (SSSR count). The number of nitrogens with zero attached hydrogens (tertiary/aromatic N) is 5. The molecule has 40 heavy (non-hydrogen) atoms. The molecule has 2 heterocycles. The van der Waals surface area contributed by atoms with Gasteiger partial charge >= 0.3 is 17.7 Å². The summed E-state index contributed by atoms with van der Waals surface area (Å²) in [6.07, 6.45) is 3.79. The number of nitrogens with two attached hydrogens (primary N) is 1. The first-order valence-electron chi connectivity index (χ1n) is 13.8. The number of imidazole rings is 1. The number of hydrogen-bond acceptors (Lipinski definition) is 9. The molecule has 0 radical (unpaired) electrons. The number of rotatable bonds is 16. The van der Waals surface area contributed by atoms with Crippen molar-refractivity contribution < 1.29 is 19.1 Å². The number of unbranched alkanes of at least 4 members (excludes halogenated alkanes) is 1. The highest BCUT2D eigenvalue weighted by Gasteiger charge is 2.17. The van der Waals surface area contributed by atoms with Crippen molar-refractivity contribution >= 4 is 28.9 Å². The van der Waals surface area contributed by atoms with Crippen molar-refractivity contribution in [2.45, 2.75) is 65.5 Å². The maximum Gasteiger partial charge on any atom is 0.327 e. The van der Waals surface area contributed by atoms with Gasteiger partial charge in [0.2, 0.25) is 5.91 Å². The average Bonchev–Trinajstić information content (AvgIpc) is 3.24. The van der Waals surface area contributed by atoms with Crippen molar-refractivity contribution in [2.75, 3.05) is 39.5 Å². The van der Waals surface area contributed by atoms with Gasteiger partial charge in [0.1, 0.15) is 11.3 Å². The maximum absolute atomic E-state index is 13.2. The zero-order chi connectivity index (χ0) is 29.1. The molecule has 0 bridgehead atoms. The first-order chi connectivity index (χ1) is 19.2. The lowest BCUT2D eigenvalue weighted by Crippen LogP contribution is -2.33. The van der Waals surface area contributed by atoms with Gasteiger partial charge in [0.15, 0.2) is 11.5 Å². The lowest BCUT2D eigenvalue weighted by Gasteiger charge is -2.23. The standard InChI is InChI=1S/C28H41N7O5/c1-5-7-18-39-27-31-25(29)24-26(32-27)35(28(38)30-24)17-9-16-34(22(36)10-8-15-33(3)4)19-20-11-13-21(14-12-20)40-23(37)6-2/h11-14H,5-10,15-19H2,1-4H3,(H,30,38)(H2,29,31,32). The number of H-pyrrole nitrogens is 1. The molecule has 0 saturated heterocycles. The molecular weight excluding hydrogens is 514 g/mol. The highest BCUT2D eigenvalue weighted by atomic mass is 16.5.